The van der Waals surface area contributed by atoms with Crippen molar-refractivity contribution in [3.63, 3.8) is 0 Å². The number of pyridine rings is 2. The van der Waals surface area contributed by atoms with E-state index in [1.807, 2.05) is 20.8 Å². The monoisotopic (exact) mass is 472 g/mol. The van der Waals surface area contributed by atoms with Crippen LogP contribution in [0.15, 0.2) is 35.6 Å². The molecular weight excluding hydrogens is 446 g/mol. The number of ether oxygens (including phenoxy) is 1. The van der Waals surface area contributed by atoms with Crippen LogP contribution in [0.3, 0.4) is 0 Å². The van der Waals surface area contributed by atoms with Gasteiger partial charge in [-0.3, -0.25) is 14.8 Å². The van der Waals surface area contributed by atoms with Crippen molar-refractivity contribution in [1.29, 1.82) is 0 Å². The highest BCUT2D eigenvalue weighted by Crippen LogP contribution is 2.22. The molecule has 0 fully saturated rings. The lowest BCUT2D eigenvalue weighted by molar-refractivity contribution is -0.126. The van der Waals surface area contributed by atoms with Gasteiger partial charge in [-0.2, -0.15) is 4.39 Å². The van der Waals surface area contributed by atoms with Gasteiger partial charge in [0.25, 0.3) is 6.47 Å². The van der Waals surface area contributed by atoms with Gasteiger partial charge in [0.1, 0.15) is 5.83 Å². The van der Waals surface area contributed by atoms with E-state index >= 15 is 0 Å². The second-order valence-electron chi connectivity index (χ2n) is 5.60. The van der Waals surface area contributed by atoms with Crippen LogP contribution < -0.4 is 5.73 Å². The van der Waals surface area contributed by atoms with E-state index < -0.39 is 11.8 Å². The van der Waals surface area contributed by atoms with Crippen LogP contribution in [0.5, 0.6) is 0 Å². The lowest BCUT2D eigenvalue weighted by atomic mass is 10.1. The summed E-state index contributed by atoms with van der Waals surface area (Å²) in [7, 11) is 2.91. The number of hydrogen-bond donors (Lipinski definition) is 1. The van der Waals surface area contributed by atoms with Crippen LogP contribution in [0.4, 0.5) is 8.78 Å². The number of aliphatic imine (C=N–C) groups is 1. The zero-order chi connectivity index (χ0) is 23.8. The van der Waals surface area contributed by atoms with Crippen LogP contribution in [0.1, 0.15) is 37.6 Å². The first-order valence-corrected chi connectivity index (χ1v) is 10.5. The van der Waals surface area contributed by atoms with E-state index in [-0.39, 0.29) is 10.9 Å². The van der Waals surface area contributed by atoms with Crippen molar-refractivity contribution < 1.29 is 18.3 Å². The molecule has 1 unspecified atom stereocenters. The zero-order valence-corrected chi connectivity index (χ0v) is 19.7. The molecule has 0 spiro atoms. The third-order valence-electron chi connectivity index (χ3n) is 3.34. The molecule has 2 rings (SSSR count). The Balaban J connectivity index is 0.00000134. The van der Waals surface area contributed by atoms with Crippen molar-refractivity contribution in [1.82, 2.24) is 9.97 Å². The first-order chi connectivity index (χ1) is 14.8. The Hall–Kier alpha value is -2.52. The van der Waals surface area contributed by atoms with Gasteiger partial charge in [0.05, 0.1) is 17.8 Å². The lowest BCUT2D eigenvalue weighted by Gasteiger charge is -2.11. The Morgan fingerprint density at radius 1 is 1.35 bits per heavy atom. The highest BCUT2D eigenvalue weighted by Gasteiger charge is 2.12. The van der Waals surface area contributed by atoms with E-state index in [1.54, 1.807) is 19.2 Å². The van der Waals surface area contributed by atoms with Gasteiger partial charge in [-0.25, -0.2) is 9.37 Å². The maximum atomic E-state index is 14.3. The summed E-state index contributed by atoms with van der Waals surface area (Å²) in [6.45, 7) is 6.28. The molecular formula is C21H27ClF2N4O2S. The molecule has 2 heterocycles. The average molecular weight is 473 g/mol. The molecule has 0 aliphatic carbocycles. The largest absolute Gasteiger partial charge is 0.471 e. The molecule has 6 nitrogen and oxygen atoms in total. The van der Waals surface area contributed by atoms with Crippen LogP contribution >= 0.6 is 23.4 Å². The Morgan fingerprint density at radius 2 is 2.00 bits per heavy atom. The van der Waals surface area contributed by atoms with E-state index in [9.17, 15) is 8.78 Å². The third kappa shape index (κ3) is 11.4. The maximum Gasteiger partial charge on any atom is 0.292 e. The van der Waals surface area contributed by atoms with E-state index in [0.717, 1.165) is 0 Å². The fourth-order valence-corrected chi connectivity index (χ4v) is 2.97. The van der Waals surface area contributed by atoms with Crippen molar-refractivity contribution >= 4 is 46.9 Å². The van der Waals surface area contributed by atoms with E-state index in [4.69, 9.17) is 22.1 Å². The molecule has 2 aromatic rings. The fraction of sp³-hybridized carbons (Fsp3) is 0.333. The maximum absolute atomic E-state index is 14.3. The Kier molecular flexibility index (Phi) is 14.9. The summed E-state index contributed by atoms with van der Waals surface area (Å²) in [5, 5.41) is 0.849. The molecule has 170 valence electrons. The summed E-state index contributed by atoms with van der Waals surface area (Å²) < 4.78 is 32.1. The number of nitrogens with zero attached hydrogens (tertiary/aromatic N) is 3. The molecule has 0 saturated heterocycles. The number of thioether (sulfide) groups is 1. The third-order valence-corrected chi connectivity index (χ3v) is 4.56. The second-order valence-corrected chi connectivity index (χ2v) is 7.49. The van der Waals surface area contributed by atoms with Crippen molar-refractivity contribution in [3.05, 3.63) is 58.4 Å². The molecule has 0 saturated carbocycles. The summed E-state index contributed by atoms with van der Waals surface area (Å²) in [6.07, 6.45) is 4.28. The molecule has 0 amide bonds. The van der Waals surface area contributed by atoms with Gasteiger partial charge in [-0.15, -0.1) is 0 Å². The predicted molar refractivity (Wildman–Crippen MR) is 125 cm³/mol. The minimum Gasteiger partial charge on any atom is -0.471 e. The molecule has 10 heteroatoms. The number of carbonyl (C=O) groups excluding carboxylic acids is 1. The van der Waals surface area contributed by atoms with Gasteiger partial charge in [-0.05, 0) is 36.3 Å². The van der Waals surface area contributed by atoms with Gasteiger partial charge in [0.15, 0.2) is 5.17 Å². The van der Waals surface area contributed by atoms with E-state index in [0.29, 0.717) is 34.2 Å². The van der Waals surface area contributed by atoms with Crippen LogP contribution in [-0.2, 0) is 16.0 Å². The number of hydrogen-bond acceptors (Lipinski definition) is 6. The molecule has 31 heavy (non-hydrogen) atoms. The summed E-state index contributed by atoms with van der Waals surface area (Å²) >= 11 is 7.08. The fourth-order valence-electron chi connectivity index (χ4n) is 2.08. The standard InChI is InChI=1S/C17H17ClF2N4S.C2H4O2.C2H6/c1-10(25-17(21)22-2)5-12-6-11(8-24-16(12)20)7-14(19)15-4-3-13(18)9-23-15;1-4-2-3;1-2/h3-4,6-10H,5H2,1-2H3,(H2,21,22);2H,1H3;1-2H3/b14-7+;;. The van der Waals surface area contributed by atoms with Crippen LogP contribution in [0.25, 0.3) is 11.9 Å². The quantitative estimate of drug-likeness (QED) is 0.270. The minimum absolute atomic E-state index is 0.00186. The van der Waals surface area contributed by atoms with Crippen molar-refractivity contribution in [2.75, 3.05) is 14.2 Å². The predicted octanol–water partition coefficient (Wildman–Crippen LogP) is 5.16. The lowest BCUT2D eigenvalue weighted by Crippen LogP contribution is -2.14. The molecule has 0 aliphatic heterocycles. The average Bonchev–Trinajstić information content (AvgIpc) is 2.77. The van der Waals surface area contributed by atoms with Crippen LogP contribution in [0.2, 0.25) is 5.02 Å². The molecule has 0 aromatic carbocycles. The van der Waals surface area contributed by atoms with E-state index in [2.05, 4.69) is 19.7 Å². The van der Waals surface area contributed by atoms with Crippen LogP contribution in [0, 0.1) is 5.95 Å². The molecule has 0 radical (unpaired) electrons. The second kappa shape index (κ2) is 16.2. The van der Waals surface area contributed by atoms with Gasteiger partial charge in [0.2, 0.25) is 5.95 Å². The van der Waals surface area contributed by atoms with Gasteiger partial charge >= 0.3 is 0 Å². The summed E-state index contributed by atoms with van der Waals surface area (Å²) in [6, 6.07) is 4.58. The first kappa shape index (κ1) is 28.5. The molecule has 1 atom stereocenters. The van der Waals surface area contributed by atoms with Crippen molar-refractivity contribution in [2.45, 2.75) is 32.4 Å². The van der Waals surface area contributed by atoms with Gasteiger partial charge in [-0.1, -0.05) is 44.1 Å². The Morgan fingerprint density at radius 3 is 2.52 bits per heavy atom. The number of aromatic nitrogens is 2. The van der Waals surface area contributed by atoms with Crippen molar-refractivity contribution in [3.8, 4) is 0 Å². The highest BCUT2D eigenvalue weighted by molar-refractivity contribution is 8.14. The summed E-state index contributed by atoms with van der Waals surface area (Å²) in [4.78, 5) is 20.4. The smallest absolute Gasteiger partial charge is 0.292 e. The molecule has 2 N–H and O–H groups in total. The van der Waals surface area contributed by atoms with Crippen molar-refractivity contribution in [2.24, 2.45) is 10.7 Å². The first-order valence-electron chi connectivity index (χ1n) is 9.29. The normalized spacial score (nSPS) is 12.0. The van der Waals surface area contributed by atoms with E-state index in [1.165, 1.54) is 43.4 Å². The molecule has 0 bridgehead atoms. The summed E-state index contributed by atoms with van der Waals surface area (Å²) in [5.74, 6) is -1.14. The minimum atomic E-state index is -0.582. The van der Waals surface area contributed by atoms with Crippen LogP contribution in [-0.4, -0.2) is 41.0 Å². The molecule has 2 aromatic heterocycles. The summed E-state index contributed by atoms with van der Waals surface area (Å²) in [5.41, 5.74) is 6.64. The number of halogens is 3. The number of amidine groups is 1. The number of methoxy groups -OCH3 is 1. The highest BCUT2D eigenvalue weighted by atomic mass is 35.5. The Labute approximate surface area is 191 Å². The van der Waals surface area contributed by atoms with Gasteiger partial charge < -0.3 is 10.5 Å². The number of nitrogens with two attached hydrogens (primary N) is 1. The topological polar surface area (TPSA) is 90.5 Å². The Bertz CT molecular complexity index is 865. The zero-order valence-electron chi connectivity index (χ0n) is 18.1. The SMILES string of the molecule is CC.CN=C(N)SC(C)Cc1cc(/C=C(/F)c2ccc(Cl)cn2)cnc1F.COC=O. The van der Waals surface area contributed by atoms with Gasteiger partial charge in [0, 0.05) is 30.3 Å². The number of carbonyl (C=O) groups is 1. The number of rotatable bonds is 6. The molecule has 0 aliphatic rings.